The highest BCUT2D eigenvalue weighted by atomic mass is 16.3. The van der Waals surface area contributed by atoms with Gasteiger partial charge in [0.2, 0.25) is 0 Å². The fourth-order valence-electron chi connectivity index (χ4n) is 3.43. The summed E-state index contributed by atoms with van der Waals surface area (Å²) in [7, 11) is 0. The highest BCUT2D eigenvalue weighted by molar-refractivity contribution is 6.03. The van der Waals surface area contributed by atoms with Gasteiger partial charge < -0.3 is 10.4 Å². The lowest BCUT2D eigenvalue weighted by atomic mass is 9.98. The Hall–Kier alpha value is -3.71. The average molecular weight is 388 g/mol. The lowest BCUT2D eigenvalue weighted by Gasteiger charge is -2.11. The van der Waals surface area contributed by atoms with Gasteiger partial charge in [0, 0.05) is 22.7 Å². The van der Waals surface area contributed by atoms with Gasteiger partial charge in [-0.15, -0.1) is 0 Å². The molecule has 0 fully saturated rings. The van der Waals surface area contributed by atoms with E-state index in [4.69, 9.17) is 0 Å². The van der Waals surface area contributed by atoms with Gasteiger partial charge in [0.05, 0.1) is 12.1 Å². The Kier molecular flexibility index (Phi) is 4.97. The number of para-hydroxylation sites is 1. The quantitative estimate of drug-likeness (QED) is 0.421. The summed E-state index contributed by atoms with van der Waals surface area (Å²) in [4.78, 5) is 28.3. The number of fused-ring (bicyclic) bond motifs is 1. The van der Waals surface area contributed by atoms with Gasteiger partial charge in [0.25, 0.3) is 11.5 Å². The molecule has 29 heavy (non-hydrogen) atoms. The third-order valence-electron chi connectivity index (χ3n) is 4.73. The Morgan fingerprint density at radius 1 is 1.07 bits per heavy atom. The molecular formula is C22H20N4O3. The Labute approximate surface area is 166 Å². The van der Waals surface area contributed by atoms with Gasteiger partial charge in [-0.05, 0) is 48.2 Å². The maximum Gasteiger partial charge on any atom is 0.266 e. The molecule has 0 saturated carbocycles. The first-order chi connectivity index (χ1) is 14.0. The summed E-state index contributed by atoms with van der Waals surface area (Å²) < 4.78 is 0. The highest BCUT2D eigenvalue weighted by Gasteiger charge is 2.11. The number of aromatic nitrogens is 3. The number of hydrogen-bond donors (Lipinski definition) is 4. The van der Waals surface area contributed by atoms with Crippen LogP contribution in [0.2, 0.25) is 0 Å². The van der Waals surface area contributed by atoms with E-state index in [9.17, 15) is 14.7 Å². The number of H-pyrrole nitrogens is 2. The maximum atomic E-state index is 12.5. The molecule has 4 N–H and O–H groups in total. The number of nitrogens with zero attached hydrogens (tertiary/aromatic N) is 1. The van der Waals surface area contributed by atoms with E-state index in [0.717, 1.165) is 33.3 Å². The molecule has 0 bridgehead atoms. The van der Waals surface area contributed by atoms with Crippen molar-refractivity contribution >= 4 is 22.6 Å². The molecule has 0 unspecified atom stereocenters. The minimum atomic E-state index is -0.310. The molecule has 1 amide bonds. The number of hydrogen-bond acceptors (Lipinski definition) is 4. The number of benzene rings is 2. The Morgan fingerprint density at radius 3 is 2.66 bits per heavy atom. The summed E-state index contributed by atoms with van der Waals surface area (Å²) in [5.74, 6) is 0.00669. The van der Waals surface area contributed by atoms with Gasteiger partial charge in [-0.2, -0.15) is 0 Å². The van der Waals surface area contributed by atoms with Crippen molar-refractivity contribution < 1.29 is 9.90 Å². The second kappa shape index (κ2) is 7.73. The van der Waals surface area contributed by atoms with Crippen molar-refractivity contribution in [3.63, 3.8) is 0 Å². The van der Waals surface area contributed by atoms with Crippen LogP contribution in [0.5, 0.6) is 0 Å². The second-order valence-electron chi connectivity index (χ2n) is 6.90. The molecule has 0 radical (unpaired) electrons. The van der Waals surface area contributed by atoms with Gasteiger partial charge in [-0.25, -0.2) is 0 Å². The van der Waals surface area contributed by atoms with E-state index < -0.39 is 0 Å². The molecule has 0 aliphatic rings. The van der Waals surface area contributed by atoms with Gasteiger partial charge >= 0.3 is 0 Å². The van der Waals surface area contributed by atoms with Crippen LogP contribution in [0, 0.1) is 6.92 Å². The number of nitrogens with one attached hydrogen (secondary N) is 3. The fraction of sp³-hybridized carbons (Fsp3) is 0.136. The molecule has 0 spiro atoms. The maximum absolute atomic E-state index is 12.5. The van der Waals surface area contributed by atoms with E-state index in [2.05, 4.69) is 20.5 Å². The molecule has 0 aliphatic heterocycles. The van der Waals surface area contributed by atoms with Crippen LogP contribution in [-0.2, 0) is 13.0 Å². The highest BCUT2D eigenvalue weighted by Crippen LogP contribution is 2.24. The number of pyridine rings is 1. The van der Waals surface area contributed by atoms with Crippen LogP contribution in [0.15, 0.2) is 59.4 Å². The van der Waals surface area contributed by atoms with Gasteiger partial charge in [0.1, 0.15) is 5.82 Å². The predicted molar refractivity (Wildman–Crippen MR) is 111 cm³/mol. The minimum absolute atomic E-state index is 0.0415. The SMILES string of the molecule is Cc1cc(CO)c2cccc(Cc3cccc(C(=O)Nc4cc(=O)[nH][nH]4)c3)c2n1. The molecule has 2 aromatic heterocycles. The lowest BCUT2D eigenvalue weighted by molar-refractivity contribution is 0.102. The van der Waals surface area contributed by atoms with Crippen LogP contribution in [0.1, 0.15) is 32.7 Å². The predicted octanol–water partition coefficient (Wildman–Crippen LogP) is 2.90. The van der Waals surface area contributed by atoms with Crippen molar-refractivity contribution in [2.75, 3.05) is 5.32 Å². The zero-order chi connectivity index (χ0) is 20.4. The first kappa shape index (κ1) is 18.6. The zero-order valence-corrected chi connectivity index (χ0v) is 15.8. The Morgan fingerprint density at radius 2 is 1.90 bits per heavy atom. The summed E-state index contributed by atoms with van der Waals surface area (Å²) >= 11 is 0. The first-order valence-corrected chi connectivity index (χ1v) is 9.20. The van der Waals surface area contributed by atoms with Crippen molar-refractivity contribution in [2.24, 2.45) is 0 Å². The van der Waals surface area contributed by atoms with E-state index >= 15 is 0 Å². The molecule has 146 valence electrons. The van der Waals surface area contributed by atoms with Crippen LogP contribution in [0.4, 0.5) is 5.82 Å². The fourth-order valence-corrected chi connectivity index (χ4v) is 3.43. The Balaban J connectivity index is 1.64. The number of amides is 1. The zero-order valence-electron chi connectivity index (χ0n) is 15.8. The smallest absolute Gasteiger partial charge is 0.266 e. The molecule has 4 aromatic rings. The number of aliphatic hydroxyl groups excluding tert-OH is 1. The molecular weight excluding hydrogens is 368 g/mol. The van der Waals surface area contributed by atoms with Crippen LogP contribution < -0.4 is 10.9 Å². The molecule has 2 heterocycles. The number of rotatable bonds is 5. The largest absolute Gasteiger partial charge is 0.392 e. The van der Waals surface area contributed by atoms with Crippen molar-refractivity contribution in [1.82, 2.24) is 15.2 Å². The van der Waals surface area contributed by atoms with E-state index in [1.165, 1.54) is 6.07 Å². The minimum Gasteiger partial charge on any atom is -0.392 e. The molecule has 0 saturated heterocycles. The number of aryl methyl sites for hydroxylation is 1. The molecule has 7 heteroatoms. The topological polar surface area (TPSA) is 111 Å². The summed E-state index contributed by atoms with van der Waals surface area (Å²) in [6, 6.07) is 16.4. The standard InChI is InChI=1S/C22H20N4O3/c1-13-8-17(12-27)18-7-3-5-15(21(18)23-13)9-14-4-2-6-16(10-14)22(29)24-19-11-20(28)26-25-19/h2-8,10-11,27H,9,12H2,1H3,(H3,24,25,26,28,29). The number of anilines is 1. The third-order valence-corrected chi connectivity index (χ3v) is 4.73. The molecule has 0 aliphatic carbocycles. The van der Waals surface area contributed by atoms with Crippen molar-refractivity contribution in [2.45, 2.75) is 20.0 Å². The summed E-state index contributed by atoms with van der Waals surface area (Å²) in [6.07, 6.45) is 0.598. The normalized spacial score (nSPS) is 11.0. The monoisotopic (exact) mass is 388 g/mol. The van der Waals surface area contributed by atoms with Gasteiger partial charge in [0.15, 0.2) is 0 Å². The number of aliphatic hydroxyl groups is 1. The first-order valence-electron chi connectivity index (χ1n) is 9.20. The van der Waals surface area contributed by atoms with Crippen molar-refractivity contribution in [3.05, 3.63) is 92.9 Å². The summed E-state index contributed by atoms with van der Waals surface area (Å²) in [5, 5.41) is 18.2. The van der Waals surface area contributed by atoms with Crippen molar-refractivity contribution in [3.8, 4) is 0 Å². The Bertz CT molecular complexity index is 1260. The van der Waals surface area contributed by atoms with Crippen LogP contribution >= 0.6 is 0 Å². The van der Waals surface area contributed by atoms with Crippen LogP contribution in [-0.4, -0.2) is 26.2 Å². The molecule has 4 rings (SSSR count). The average Bonchev–Trinajstić information content (AvgIpc) is 3.12. The number of carbonyl (C=O) groups excluding carboxylic acids is 1. The molecule has 7 nitrogen and oxygen atoms in total. The summed E-state index contributed by atoms with van der Waals surface area (Å²) in [5.41, 5.74) is 4.72. The molecule has 0 atom stereocenters. The van der Waals surface area contributed by atoms with Gasteiger partial charge in [-0.1, -0.05) is 30.3 Å². The van der Waals surface area contributed by atoms with E-state index in [0.29, 0.717) is 17.8 Å². The van der Waals surface area contributed by atoms with Gasteiger partial charge in [-0.3, -0.25) is 24.8 Å². The summed E-state index contributed by atoms with van der Waals surface area (Å²) in [6.45, 7) is 1.87. The number of carbonyl (C=O) groups is 1. The number of aromatic amines is 2. The lowest BCUT2D eigenvalue weighted by Crippen LogP contribution is -2.12. The van der Waals surface area contributed by atoms with E-state index in [1.807, 2.05) is 49.4 Å². The second-order valence-corrected chi connectivity index (χ2v) is 6.90. The molecule has 2 aromatic carbocycles. The van der Waals surface area contributed by atoms with E-state index in [-0.39, 0.29) is 18.1 Å². The van der Waals surface area contributed by atoms with Crippen LogP contribution in [0.3, 0.4) is 0 Å². The van der Waals surface area contributed by atoms with E-state index in [1.54, 1.807) is 6.07 Å². The van der Waals surface area contributed by atoms with Crippen LogP contribution in [0.25, 0.3) is 10.9 Å². The van der Waals surface area contributed by atoms with Crippen molar-refractivity contribution in [1.29, 1.82) is 0 Å². The third kappa shape index (κ3) is 3.95.